The summed E-state index contributed by atoms with van der Waals surface area (Å²) in [6.07, 6.45) is 3.89. The highest BCUT2D eigenvalue weighted by Gasteiger charge is 2.05. The molecule has 84 valence electrons. The fourth-order valence-electron chi connectivity index (χ4n) is 1.65. The molecule has 2 aromatic rings. The quantitative estimate of drug-likeness (QED) is 0.735. The molecule has 0 aliphatic heterocycles. The number of hydrogen-bond donors (Lipinski definition) is 3. The van der Waals surface area contributed by atoms with Gasteiger partial charge in [-0.2, -0.15) is 0 Å². The lowest BCUT2D eigenvalue weighted by molar-refractivity contribution is 0.472. The number of hydrogen-bond acceptors (Lipinski definition) is 2. The van der Waals surface area contributed by atoms with E-state index in [2.05, 4.69) is 17.2 Å². The molecule has 0 aliphatic carbocycles. The van der Waals surface area contributed by atoms with E-state index in [-0.39, 0.29) is 6.04 Å². The minimum atomic E-state index is 0.224. The Labute approximate surface area is 95.1 Å². The highest BCUT2D eigenvalue weighted by atomic mass is 16.3. The molecule has 0 saturated carbocycles. The van der Waals surface area contributed by atoms with E-state index in [4.69, 9.17) is 0 Å². The first-order chi connectivity index (χ1) is 7.75. The second-order valence-corrected chi connectivity index (χ2v) is 3.92. The summed E-state index contributed by atoms with van der Waals surface area (Å²) in [5, 5.41) is 12.8. The van der Waals surface area contributed by atoms with Gasteiger partial charge in [-0.05, 0) is 36.2 Å². The van der Waals surface area contributed by atoms with Crippen LogP contribution in [-0.4, -0.2) is 10.1 Å². The summed E-state index contributed by atoms with van der Waals surface area (Å²) in [4.78, 5) is 3.02. The van der Waals surface area contributed by atoms with Gasteiger partial charge in [0.05, 0.1) is 0 Å². The third-order valence-corrected chi connectivity index (χ3v) is 2.64. The molecule has 2 rings (SSSR count). The summed E-state index contributed by atoms with van der Waals surface area (Å²) >= 11 is 0. The average molecular weight is 216 g/mol. The number of phenols is 1. The van der Waals surface area contributed by atoms with Gasteiger partial charge in [-0.25, -0.2) is 0 Å². The van der Waals surface area contributed by atoms with E-state index in [9.17, 15) is 5.11 Å². The predicted molar refractivity (Wildman–Crippen MR) is 64.2 cm³/mol. The number of nitrogens with one attached hydrogen (secondary N) is 2. The molecule has 0 amide bonds. The van der Waals surface area contributed by atoms with Crippen LogP contribution < -0.4 is 5.32 Å². The van der Waals surface area contributed by atoms with Gasteiger partial charge >= 0.3 is 0 Å². The average Bonchev–Trinajstić information content (AvgIpc) is 2.78. The zero-order valence-electron chi connectivity index (χ0n) is 9.27. The molecule has 1 unspecified atom stereocenters. The van der Waals surface area contributed by atoms with E-state index in [1.807, 2.05) is 30.6 Å². The highest BCUT2D eigenvalue weighted by Crippen LogP contribution is 2.18. The lowest BCUT2D eigenvalue weighted by Crippen LogP contribution is -2.17. The van der Waals surface area contributed by atoms with Gasteiger partial charge in [0.15, 0.2) is 0 Å². The van der Waals surface area contributed by atoms with Crippen molar-refractivity contribution in [2.24, 2.45) is 0 Å². The van der Waals surface area contributed by atoms with Gasteiger partial charge in [-0.15, -0.1) is 0 Å². The summed E-state index contributed by atoms with van der Waals surface area (Å²) < 4.78 is 0. The Morgan fingerprint density at radius 1 is 1.38 bits per heavy atom. The van der Waals surface area contributed by atoms with Crippen LogP contribution in [0.1, 0.15) is 24.1 Å². The van der Waals surface area contributed by atoms with Crippen molar-refractivity contribution < 1.29 is 5.11 Å². The number of phenolic OH excluding ortho intramolecular Hbond substituents is 1. The van der Waals surface area contributed by atoms with Gasteiger partial charge in [0, 0.05) is 25.0 Å². The molecule has 3 nitrogen and oxygen atoms in total. The Hall–Kier alpha value is -1.74. The topological polar surface area (TPSA) is 48.0 Å². The molecule has 1 atom stereocenters. The fraction of sp³-hybridized carbons (Fsp3) is 0.231. The summed E-state index contributed by atoms with van der Waals surface area (Å²) in [6.45, 7) is 2.90. The first kappa shape index (κ1) is 10.8. The third-order valence-electron chi connectivity index (χ3n) is 2.64. The van der Waals surface area contributed by atoms with Crippen LogP contribution in [0.5, 0.6) is 5.75 Å². The molecule has 3 heteroatoms. The molecule has 1 aromatic heterocycles. The SMILES string of the molecule is CC(NCc1cc[nH]c1)c1cccc(O)c1. The monoisotopic (exact) mass is 216 g/mol. The van der Waals surface area contributed by atoms with E-state index in [1.54, 1.807) is 12.1 Å². The molecule has 0 radical (unpaired) electrons. The van der Waals surface area contributed by atoms with Gasteiger partial charge in [-0.1, -0.05) is 12.1 Å². The van der Waals surface area contributed by atoms with Crippen molar-refractivity contribution in [3.63, 3.8) is 0 Å². The molecule has 0 bridgehead atoms. The van der Waals surface area contributed by atoms with E-state index >= 15 is 0 Å². The molecular weight excluding hydrogens is 200 g/mol. The molecule has 0 fully saturated rings. The Bertz CT molecular complexity index is 437. The fourth-order valence-corrected chi connectivity index (χ4v) is 1.65. The molecule has 16 heavy (non-hydrogen) atoms. The lowest BCUT2D eigenvalue weighted by Gasteiger charge is -2.13. The highest BCUT2D eigenvalue weighted by molar-refractivity contribution is 5.29. The third kappa shape index (κ3) is 2.64. The van der Waals surface area contributed by atoms with E-state index < -0.39 is 0 Å². The molecule has 3 N–H and O–H groups in total. The van der Waals surface area contributed by atoms with Gasteiger partial charge in [0.1, 0.15) is 5.75 Å². The van der Waals surface area contributed by atoms with E-state index in [0.29, 0.717) is 5.75 Å². The van der Waals surface area contributed by atoms with Gasteiger partial charge in [-0.3, -0.25) is 0 Å². The van der Waals surface area contributed by atoms with Crippen molar-refractivity contribution in [1.82, 2.24) is 10.3 Å². The van der Waals surface area contributed by atoms with Gasteiger partial charge in [0.2, 0.25) is 0 Å². The van der Waals surface area contributed by atoms with Gasteiger partial charge in [0.25, 0.3) is 0 Å². The Morgan fingerprint density at radius 3 is 2.94 bits per heavy atom. The second kappa shape index (κ2) is 4.86. The number of benzene rings is 1. The summed E-state index contributed by atoms with van der Waals surface area (Å²) in [5.41, 5.74) is 2.32. The van der Waals surface area contributed by atoms with Crippen LogP contribution in [0.25, 0.3) is 0 Å². The van der Waals surface area contributed by atoms with Crippen molar-refractivity contribution in [3.05, 3.63) is 53.9 Å². The number of aromatic hydroxyl groups is 1. The minimum Gasteiger partial charge on any atom is -0.508 e. The first-order valence-corrected chi connectivity index (χ1v) is 5.39. The zero-order chi connectivity index (χ0) is 11.4. The molecule has 0 aliphatic rings. The molecule has 0 saturated heterocycles. The van der Waals surface area contributed by atoms with Crippen molar-refractivity contribution in [2.45, 2.75) is 19.5 Å². The number of aromatic amines is 1. The van der Waals surface area contributed by atoms with Crippen LogP contribution in [0.15, 0.2) is 42.7 Å². The normalized spacial score (nSPS) is 12.6. The van der Waals surface area contributed by atoms with Crippen molar-refractivity contribution in [2.75, 3.05) is 0 Å². The second-order valence-electron chi connectivity index (χ2n) is 3.92. The van der Waals surface area contributed by atoms with Gasteiger partial charge < -0.3 is 15.4 Å². The molecule has 1 aromatic carbocycles. The maximum Gasteiger partial charge on any atom is 0.115 e. The standard InChI is InChI=1S/C13H16N2O/c1-10(12-3-2-4-13(16)7-12)15-9-11-5-6-14-8-11/h2-8,10,14-16H,9H2,1H3. The number of rotatable bonds is 4. The summed E-state index contributed by atoms with van der Waals surface area (Å²) in [5.74, 6) is 0.313. The van der Waals surface area contributed by atoms with Crippen molar-refractivity contribution >= 4 is 0 Å². The van der Waals surface area contributed by atoms with E-state index in [1.165, 1.54) is 5.56 Å². The largest absolute Gasteiger partial charge is 0.508 e. The summed E-state index contributed by atoms with van der Waals surface area (Å²) in [6, 6.07) is 9.61. The smallest absolute Gasteiger partial charge is 0.115 e. The maximum atomic E-state index is 9.38. The number of aromatic nitrogens is 1. The van der Waals surface area contributed by atoms with Crippen LogP contribution >= 0.6 is 0 Å². The van der Waals surface area contributed by atoms with Crippen LogP contribution in [0.2, 0.25) is 0 Å². The molecule has 0 spiro atoms. The van der Waals surface area contributed by atoms with E-state index in [0.717, 1.165) is 12.1 Å². The minimum absolute atomic E-state index is 0.224. The maximum absolute atomic E-state index is 9.38. The Morgan fingerprint density at radius 2 is 2.25 bits per heavy atom. The lowest BCUT2D eigenvalue weighted by atomic mass is 10.1. The Kier molecular flexibility index (Phi) is 3.27. The Balaban J connectivity index is 1.95. The zero-order valence-corrected chi connectivity index (χ0v) is 9.27. The van der Waals surface area contributed by atoms with Crippen LogP contribution in [-0.2, 0) is 6.54 Å². The van der Waals surface area contributed by atoms with Crippen LogP contribution in [0.3, 0.4) is 0 Å². The molecule has 1 heterocycles. The van der Waals surface area contributed by atoms with Crippen molar-refractivity contribution in [3.8, 4) is 5.75 Å². The van der Waals surface area contributed by atoms with Crippen LogP contribution in [0.4, 0.5) is 0 Å². The first-order valence-electron chi connectivity index (χ1n) is 5.39. The van der Waals surface area contributed by atoms with Crippen molar-refractivity contribution in [1.29, 1.82) is 0 Å². The van der Waals surface area contributed by atoms with Crippen LogP contribution in [0, 0.1) is 0 Å². The number of H-pyrrole nitrogens is 1. The molecular formula is C13H16N2O. The summed E-state index contributed by atoms with van der Waals surface area (Å²) in [7, 11) is 0. The predicted octanol–water partition coefficient (Wildman–Crippen LogP) is 2.57.